The molecule has 0 aromatic heterocycles. The van der Waals surface area contributed by atoms with Crippen LogP contribution in [0.3, 0.4) is 0 Å². The summed E-state index contributed by atoms with van der Waals surface area (Å²) in [7, 11) is 0. The molecular weight excluding hydrogens is 632 g/mol. The van der Waals surface area contributed by atoms with Gasteiger partial charge in [-0.25, -0.2) is 4.79 Å². The van der Waals surface area contributed by atoms with Crippen LogP contribution >= 0.6 is 0 Å². The van der Waals surface area contributed by atoms with E-state index in [1.807, 2.05) is 0 Å². The maximum absolute atomic E-state index is 12.8. The molecule has 0 amide bonds. The number of benzene rings is 1. The summed E-state index contributed by atoms with van der Waals surface area (Å²) in [5, 5.41) is 103. The Labute approximate surface area is 267 Å². The van der Waals surface area contributed by atoms with Crippen molar-refractivity contribution >= 4 is 12.0 Å². The maximum atomic E-state index is 12.8. The summed E-state index contributed by atoms with van der Waals surface area (Å²) in [6, 6.07) is 5.83. The molecule has 0 radical (unpaired) electrons. The number of ether oxygens (including phenoxy) is 6. The summed E-state index contributed by atoms with van der Waals surface area (Å²) >= 11 is 0. The fourth-order valence-corrected chi connectivity index (χ4v) is 5.96. The van der Waals surface area contributed by atoms with Crippen LogP contribution in [0.2, 0.25) is 0 Å². The molecule has 5 rings (SSSR count). The van der Waals surface area contributed by atoms with Gasteiger partial charge in [0.25, 0.3) is 0 Å². The summed E-state index contributed by atoms with van der Waals surface area (Å²) in [5.74, 6) is -2.26. The van der Waals surface area contributed by atoms with E-state index < -0.39 is 111 Å². The first kappa shape index (κ1) is 35.3. The van der Waals surface area contributed by atoms with Gasteiger partial charge >= 0.3 is 5.97 Å². The quantitative estimate of drug-likeness (QED) is 0.0647. The van der Waals surface area contributed by atoms with E-state index in [1.54, 1.807) is 0 Å². The fourth-order valence-electron chi connectivity index (χ4n) is 5.96. The second kappa shape index (κ2) is 14.6. The predicted octanol–water partition coefficient (Wildman–Crippen LogP) is -3.89. The molecule has 3 aliphatic heterocycles. The Morgan fingerprint density at radius 1 is 0.830 bits per heavy atom. The first-order valence-corrected chi connectivity index (χ1v) is 14.7. The summed E-state index contributed by atoms with van der Waals surface area (Å²) in [6.07, 6.45) is -14.0. The SMILES string of the molecule is O=C(C=Cc1ccc(O)cc1)OC1C(OC23C=COC(OC4OC(CO)C(O)C(O)C4O)C2C(CO)=CC3O)OC(CO)C(O)C1O. The van der Waals surface area contributed by atoms with Crippen LogP contribution < -0.4 is 0 Å². The van der Waals surface area contributed by atoms with Crippen molar-refractivity contribution < 1.29 is 84.3 Å². The smallest absolute Gasteiger partial charge is 0.331 e. The molecule has 47 heavy (non-hydrogen) atoms. The molecule has 1 aliphatic carbocycles. The van der Waals surface area contributed by atoms with Crippen LogP contribution in [0.15, 0.2) is 54.3 Å². The largest absolute Gasteiger partial charge is 0.508 e. The number of hydrogen-bond donors (Lipinski definition) is 10. The van der Waals surface area contributed by atoms with Gasteiger partial charge in [0, 0.05) is 6.08 Å². The van der Waals surface area contributed by atoms with Gasteiger partial charge in [0.1, 0.15) is 60.2 Å². The Morgan fingerprint density at radius 2 is 1.47 bits per heavy atom. The van der Waals surface area contributed by atoms with Gasteiger partial charge in [0.2, 0.25) is 6.29 Å². The number of carbonyl (C=O) groups excluding carboxylic acids is 1. The monoisotopic (exact) mass is 670 g/mol. The topological polar surface area (TPSA) is 275 Å². The lowest BCUT2D eigenvalue weighted by Gasteiger charge is -2.49. The molecule has 4 aliphatic rings. The molecule has 3 heterocycles. The number of phenolic OH excluding ortho intramolecular Hbond substituents is 1. The fraction of sp³-hybridized carbons (Fsp3) is 0.567. The average Bonchev–Trinajstić information content (AvgIpc) is 3.35. The lowest BCUT2D eigenvalue weighted by atomic mass is 9.82. The van der Waals surface area contributed by atoms with Gasteiger partial charge in [-0.15, -0.1) is 0 Å². The molecule has 10 N–H and O–H groups in total. The highest BCUT2D eigenvalue weighted by atomic mass is 16.8. The molecule has 2 fully saturated rings. The van der Waals surface area contributed by atoms with E-state index in [1.165, 1.54) is 42.5 Å². The van der Waals surface area contributed by atoms with Crippen molar-refractivity contribution in [2.75, 3.05) is 19.8 Å². The zero-order valence-electron chi connectivity index (χ0n) is 24.7. The van der Waals surface area contributed by atoms with Crippen LogP contribution in [0.1, 0.15) is 5.56 Å². The standard InChI is InChI=1S/C30H38O17/c31-10-14-9-18(35)30(7-8-42-27(20(14)30)46-28-25(41)23(39)21(37)16(11-32)43-28)47-29-26(24(40)22(38)17(12-33)44-29)45-19(36)6-3-13-1-4-15(34)5-2-13/h1-9,16-18,20-29,31-35,37-41H,10-12H2. The summed E-state index contributed by atoms with van der Waals surface area (Å²) in [4.78, 5) is 12.8. The van der Waals surface area contributed by atoms with Gasteiger partial charge in [-0.05, 0) is 35.4 Å². The number of hydrogen-bond acceptors (Lipinski definition) is 17. The van der Waals surface area contributed by atoms with Crippen molar-refractivity contribution in [3.63, 3.8) is 0 Å². The highest BCUT2D eigenvalue weighted by Crippen LogP contribution is 2.48. The second-order valence-electron chi connectivity index (χ2n) is 11.5. The van der Waals surface area contributed by atoms with Crippen LogP contribution in [-0.4, -0.2) is 156 Å². The van der Waals surface area contributed by atoms with Crippen LogP contribution in [0, 0.1) is 5.92 Å². The highest BCUT2D eigenvalue weighted by Gasteiger charge is 2.61. The van der Waals surface area contributed by atoms with Crippen molar-refractivity contribution in [2.45, 2.75) is 79.4 Å². The third-order valence-corrected chi connectivity index (χ3v) is 8.53. The van der Waals surface area contributed by atoms with Crippen molar-refractivity contribution in [2.24, 2.45) is 5.92 Å². The Bertz CT molecular complexity index is 1320. The Hall–Kier alpha value is -3.01. The minimum atomic E-state index is -1.95. The Kier molecular flexibility index (Phi) is 11.0. The number of aliphatic hydroxyl groups excluding tert-OH is 9. The van der Waals surface area contributed by atoms with E-state index >= 15 is 0 Å². The molecular formula is C30H38O17. The number of aliphatic hydroxyl groups is 9. The second-order valence-corrected chi connectivity index (χ2v) is 11.5. The Morgan fingerprint density at radius 3 is 2.11 bits per heavy atom. The zero-order valence-corrected chi connectivity index (χ0v) is 24.7. The number of phenols is 1. The van der Waals surface area contributed by atoms with Crippen molar-refractivity contribution in [1.82, 2.24) is 0 Å². The summed E-state index contributed by atoms with van der Waals surface area (Å²) in [6.45, 7) is -2.19. The number of aromatic hydroxyl groups is 1. The lowest BCUT2D eigenvalue weighted by molar-refractivity contribution is -0.362. The molecule has 17 heteroatoms. The molecule has 0 spiro atoms. The number of fused-ring (bicyclic) bond motifs is 1. The molecule has 14 atom stereocenters. The molecule has 0 saturated carbocycles. The molecule has 0 bridgehead atoms. The van der Waals surface area contributed by atoms with E-state index in [0.717, 1.165) is 12.3 Å². The van der Waals surface area contributed by atoms with Gasteiger partial charge in [-0.3, -0.25) is 0 Å². The van der Waals surface area contributed by atoms with E-state index in [-0.39, 0.29) is 11.3 Å². The van der Waals surface area contributed by atoms with Gasteiger partial charge in [-0.2, -0.15) is 0 Å². The summed E-state index contributed by atoms with van der Waals surface area (Å²) in [5.41, 5.74) is -1.32. The summed E-state index contributed by atoms with van der Waals surface area (Å²) < 4.78 is 34.2. The van der Waals surface area contributed by atoms with Gasteiger partial charge in [0.15, 0.2) is 18.7 Å². The molecule has 260 valence electrons. The zero-order chi connectivity index (χ0) is 34.0. The minimum Gasteiger partial charge on any atom is -0.508 e. The molecule has 1 aromatic carbocycles. The predicted molar refractivity (Wildman–Crippen MR) is 152 cm³/mol. The van der Waals surface area contributed by atoms with Crippen LogP contribution in [0.5, 0.6) is 5.75 Å². The average molecular weight is 671 g/mol. The first-order chi connectivity index (χ1) is 22.4. The van der Waals surface area contributed by atoms with E-state index in [9.17, 15) is 55.9 Å². The normalized spacial score (nSPS) is 41.7. The lowest BCUT2D eigenvalue weighted by Crippen LogP contribution is -2.65. The van der Waals surface area contributed by atoms with Crippen LogP contribution in [0.25, 0.3) is 6.08 Å². The van der Waals surface area contributed by atoms with Gasteiger partial charge in [-0.1, -0.05) is 18.2 Å². The third kappa shape index (κ3) is 6.94. The molecule has 1 aromatic rings. The number of rotatable bonds is 10. The molecule has 17 nitrogen and oxygen atoms in total. The van der Waals surface area contributed by atoms with Crippen LogP contribution in [0.4, 0.5) is 0 Å². The number of carbonyl (C=O) groups is 1. The third-order valence-electron chi connectivity index (χ3n) is 8.53. The molecule has 14 unspecified atom stereocenters. The number of esters is 1. The molecule has 2 saturated heterocycles. The minimum absolute atomic E-state index is 0.00762. The highest BCUT2D eigenvalue weighted by molar-refractivity contribution is 5.87. The Balaban J connectivity index is 1.41. The van der Waals surface area contributed by atoms with Crippen molar-refractivity contribution in [3.05, 3.63) is 59.9 Å². The van der Waals surface area contributed by atoms with Crippen molar-refractivity contribution in [3.8, 4) is 5.75 Å². The first-order valence-electron chi connectivity index (χ1n) is 14.7. The van der Waals surface area contributed by atoms with Crippen molar-refractivity contribution in [1.29, 1.82) is 0 Å². The maximum Gasteiger partial charge on any atom is 0.331 e. The van der Waals surface area contributed by atoms with Gasteiger partial charge < -0.3 is 79.5 Å². The van der Waals surface area contributed by atoms with Gasteiger partial charge in [0.05, 0.1) is 32.0 Å². The van der Waals surface area contributed by atoms with E-state index in [4.69, 9.17) is 28.4 Å². The van der Waals surface area contributed by atoms with E-state index in [2.05, 4.69) is 0 Å². The van der Waals surface area contributed by atoms with E-state index in [0.29, 0.717) is 5.56 Å². The van der Waals surface area contributed by atoms with Crippen LogP contribution in [-0.2, 0) is 33.2 Å².